The summed E-state index contributed by atoms with van der Waals surface area (Å²) in [7, 11) is 0. The van der Waals surface area contributed by atoms with Gasteiger partial charge in [0, 0.05) is 13.0 Å². The molecule has 0 atom stereocenters. The lowest BCUT2D eigenvalue weighted by atomic mass is 10.1. The summed E-state index contributed by atoms with van der Waals surface area (Å²) in [5, 5.41) is 10.0. The van der Waals surface area contributed by atoms with Crippen molar-refractivity contribution in [3.05, 3.63) is 59.7 Å². The van der Waals surface area contributed by atoms with E-state index >= 15 is 0 Å². The van der Waals surface area contributed by atoms with Gasteiger partial charge in [0.25, 0.3) is 0 Å². The van der Waals surface area contributed by atoms with Gasteiger partial charge < -0.3 is 14.7 Å². The molecule has 144 valence electrons. The monoisotopic (exact) mass is 377 g/mol. The van der Waals surface area contributed by atoms with Gasteiger partial charge in [-0.25, -0.2) is 0 Å². The lowest BCUT2D eigenvalue weighted by molar-refractivity contribution is 0.277. The molecule has 0 unspecified atom stereocenters. The highest BCUT2D eigenvalue weighted by Gasteiger charge is 2.07. The zero-order valence-electron chi connectivity index (χ0n) is 16.0. The smallest absolute Gasteiger partial charge is 0.161 e. The van der Waals surface area contributed by atoms with Crippen molar-refractivity contribution in [2.75, 3.05) is 26.2 Å². The SMILES string of the molecule is CCCN(CCC)CCc1ccc(O)c(OCCc2ccccc2)c1.Cl. The number of hydrogen-bond donors (Lipinski definition) is 1. The molecule has 0 bridgehead atoms. The first-order valence-electron chi connectivity index (χ1n) is 9.44. The van der Waals surface area contributed by atoms with Crippen LogP contribution in [-0.2, 0) is 12.8 Å². The fourth-order valence-electron chi connectivity index (χ4n) is 3.01. The highest BCUT2D eigenvalue weighted by Crippen LogP contribution is 2.27. The Balaban J connectivity index is 0.00000338. The summed E-state index contributed by atoms with van der Waals surface area (Å²) in [6.45, 7) is 8.36. The number of benzene rings is 2. The predicted molar refractivity (Wildman–Crippen MR) is 112 cm³/mol. The van der Waals surface area contributed by atoms with Crippen molar-refractivity contribution in [2.45, 2.75) is 39.5 Å². The summed E-state index contributed by atoms with van der Waals surface area (Å²) in [5.41, 5.74) is 2.46. The summed E-state index contributed by atoms with van der Waals surface area (Å²) < 4.78 is 5.82. The maximum atomic E-state index is 10.0. The lowest BCUT2D eigenvalue weighted by Crippen LogP contribution is -2.27. The molecule has 3 nitrogen and oxygen atoms in total. The summed E-state index contributed by atoms with van der Waals surface area (Å²) in [6, 6.07) is 16.0. The highest BCUT2D eigenvalue weighted by molar-refractivity contribution is 5.85. The number of rotatable bonds is 11. The quantitative estimate of drug-likeness (QED) is 0.591. The molecule has 2 aromatic rings. The van der Waals surface area contributed by atoms with Crippen molar-refractivity contribution in [1.29, 1.82) is 0 Å². The van der Waals surface area contributed by atoms with Gasteiger partial charge in [0.05, 0.1) is 6.61 Å². The molecule has 26 heavy (non-hydrogen) atoms. The van der Waals surface area contributed by atoms with E-state index in [1.54, 1.807) is 6.07 Å². The number of phenols is 1. The van der Waals surface area contributed by atoms with Crippen LogP contribution in [0.5, 0.6) is 11.5 Å². The zero-order valence-corrected chi connectivity index (χ0v) is 16.8. The third kappa shape index (κ3) is 7.67. The molecule has 0 saturated carbocycles. The molecule has 2 rings (SSSR count). The number of nitrogens with zero attached hydrogens (tertiary/aromatic N) is 1. The van der Waals surface area contributed by atoms with Crippen LogP contribution in [0.4, 0.5) is 0 Å². The average molecular weight is 378 g/mol. The fourth-order valence-corrected chi connectivity index (χ4v) is 3.01. The Morgan fingerprint density at radius 1 is 0.846 bits per heavy atom. The molecule has 4 heteroatoms. The Morgan fingerprint density at radius 2 is 1.54 bits per heavy atom. The first-order chi connectivity index (χ1) is 12.2. The van der Waals surface area contributed by atoms with Crippen LogP contribution >= 0.6 is 12.4 Å². The standard InChI is InChI=1S/C22H31NO2.ClH/c1-3-14-23(15-4-2)16-12-20-10-11-21(24)22(18-20)25-17-13-19-8-6-5-7-9-19;/h5-11,18,24H,3-4,12-17H2,1-2H3;1H. The second kappa shape index (κ2) is 12.6. The van der Waals surface area contributed by atoms with E-state index in [4.69, 9.17) is 4.74 Å². The molecule has 1 N–H and O–H groups in total. The van der Waals surface area contributed by atoms with Crippen molar-refractivity contribution in [1.82, 2.24) is 4.90 Å². The van der Waals surface area contributed by atoms with Crippen LogP contribution in [0.3, 0.4) is 0 Å². The molecular formula is C22H32ClNO2. The average Bonchev–Trinajstić information content (AvgIpc) is 2.63. The van der Waals surface area contributed by atoms with Crippen LogP contribution in [0.2, 0.25) is 0 Å². The minimum atomic E-state index is 0. The molecule has 0 aliphatic carbocycles. The molecule has 0 heterocycles. The summed E-state index contributed by atoms with van der Waals surface area (Å²) in [6.07, 6.45) is 4.19. The first kappa shape index (κ1) is 22.3. The van der Waals surface area contributed by atoms with Gasteiger partial charge in [-0.05, 0) is 55.6 Å². The third-order valence-corrected chi connectivity index (χ3v) is 4.31. The van der Waals surface area contributed by atoms with Crippen LogP contribution < -0.4 is 4.74 Å². The Kier molecular flexibility index (Phi) is 10.8. The van der Waals surface area contributed by atoms with E-state index in [2.05, 4.69) is 30.9 Å². The van der Waals surface area contributed by atoms with E-state index in [0.29, 0.717) is 12.4 Å². The van der Waals surface area contributed by atoms with Crippen molar-refractivity contribution in [3.8, 4) is 11.5 Å². The van der Waals surface area contributed by atoms with Gasteiger partial charge in [-0.2, -0.15) is 0 Å². The largest absolute Gasteiger partial charge is 0.504 e. The number of halogens is 1. The summed E-state index contributed by atoms with van der Waals surface area (Å²) >= 11 is 0. The summed E-state index contributed by atoms with van der Waals surface area (Å²) in [4.78, 5) is 2.50. The van der Waals surface area contributed by atoms with Crippen LogP contribution in [0, 0.1) is 0 Å². The fraction of sp³-hybridized carbons (Fsp3) is 0.455. The van der Waals surface area contributed by atoms with Gasteiger partial charge >= 0.3 is 0 Å². The van der Waals surface area contributed by atoms with Gasteiger partial charge in [0.1, 0.15) is 0 Å². The predicted octanol–water partition coefficient (Wildman–Crippen LogP) is 5.10. The Labute approximate surface area is 164 Å². The highest BCUT2D eigenvalue weighted by atomic mass is 35.5. The van der Waals surface area contributed by atoms with Crippen LogP contribution in [0.15, 0.2) is 48.5 Å². The van der Waals surface area contributed by atoms with E-state index in [1.165, 1.54) is 24.0 Å². The van der Waals surface area contributed by atoms with E-state index in [-0.39, 0.29) is 18.2 Å². The van der Waals surface area contributed by atoms with Gasteiger partial charge in [-0.15, -0.1) is 12.4 Å². The van der Waals surface area contributed by atoms with Crippen molar-refractivity contribution in [2.24, 2.45) is 0 Å². The second-order valence-corrected chi connectivity index (χ2v) is 6.48. The minimum absolute atomic E-state index is 0. The number of phenolic OH excluding ortho intramolecular Hbond substituents is 1. The van der Waals surface area contributed by atoms with E-state index in [9.17, 15) is 5.11 Å². The van der Waals surface area contributed by atoms with Crippen LogP contribution in [-0.4, -0.2) is 36.2 Å². The first-order valence-corrected chi connectivity index (χ1v) is 9.44. The van der Waals surface area contributed by atoms with Crippen molar-refractivity contribution < 1.29 is 9.84 Å². The van der Waals surface area contributed by atoms with Gasteiger partial charge in [0.2, 0.25) is 0 Å². The molecule has 2 aromatic carbocycles. The normalized spacial score (nSPS) is 10.6. The van der Waals surface area contributed by atoms with E-state index in [0.717, 1.165) is 32.5 Å². The van der Waals surface area contributed by atoms with Crippen LogP contribution in [0.25, 0.3) is 0 Å². The lowest BCUT2D eigenvalue weighted by Gasteiger charge is -2.21. The second-order valence-electron chi connectivity index (χ2n) is 6.48. The van der Waals surface area contributed by atoms with Gasteiger partial charge in [-0.1, -0.05) is 50.2 Å². The molecule has 0 aliphatic heterocycles. The van der Waals surface area contributed by atoms with Crippen molar-refractivity contribution >= 4 is 12.4 Å². The Morgan fingerprint density at radius 3 is 2.19 bits per heavy atom. The van der Waals surface area contributed by atoms with Crippen LogP contribution in [0.1, 0.15) is 37.8 Å². The summed E-state index contributed by atoms with van der Waals surface area (Å²) in [5.74, 6) is 0.807. The molecule has 0 spiro atoms. The maximum Gasteiger partial charge on any atom is 0.161 e. The molecular weight excluding hydrogens is 346 g/mol. The minimum Gasteiger partial charge on any atom is -0.504 e. The Bertz CT molecular complexity index is 613. The molecule has 0 amide bonds. The maximum absolute atomic E-state index is 10.0. The number of aromatic hydroxyl groups is 1. The van der Waals surface area contributed by atoms with E-state index in [1.807, 2.05) is 30.3 Å². The van der Waals surface area contributed by atoms with Gasteiger partial charge in [0.15, 0.2) is 11.5 Å². The Hall–Kier alpha value is -1.71. The number of ether oxygens (including phenoxy) is 1. The molecule has 0 fully saturated rings. The zero-order chi connectivity index (χ0) is 17.9. The third-order valence-electron chi connectivity index (χ3n) is 4.31. The van der Waals surface area contributed by atoms with Crippen molar-refractivity contribution in [3.63, 3.8) is 0 Å². The molecule has 0 aliphatic rings. The molecule has 0 aromatic heterocycles. The number of hydrogen-bond acceptors (Lipinski definition) is 3. The van der Waals surface area contributed by atoms with Gasteiger partial charge in [-0.3, -0.25) is 0 Å². The molecule has 0 radical (unpaired) electrons. The van der Waals surface area contributed by atoms with E-state index < -0.39 is 0 Å². The topological polar surface area (TPSA) is 32.7 Å². The molecule has 0 saturated heterocycles.